The van der Waals surface area contributed by atoms with E-state index >= 15 is 0 Å². The van der Waals surface area contributed by atoms with Gasteiger partial charge in [-0.05, 0) is 43.9 Å². The van der Waals surface area contributed by atoms with Crippen LogP contribution in [0.5, 0.6) is 0 Å². The normalized spacial score (nSPS) is 32.4. The molecule has 3 nitrogen and oxygen atoms in total. The molecule has 2 fully saturated rings. The Balaban J connectivity index is 0.00000162. The third-order valence-electron chi connectivity index (χ3n) is 4.44. The SMILES string of the molecule is CC(C)CC(C)(CN)NC(=O)C1C2CCCC21.Cl. The van der Waals surface area contributed by atoms with Crippen LogP contribution in [0.3, 0.4) is 0 Å². The third-order valence-corrected chi connectivity index (χ3v) is 4.44. The average Bonchev–Trinajstić information content (AvgIpc) is 2.72. The average molecular weight is 275 g/mol. The van der Waals surface area contributed by atoms with Gasteiger partial charge in [-0.15, -0.1) is 12.4 Å². The number of nitrogens with two attached hydrogens (primary N) is 1. The number of carbonyl (C=O) groups excluding carboxylic acids is 1. The zero-order valence-corrected chi connectivity index (χ0v) is 12.6. The highest BCUT2D eigenvalue weighted by molar-refractivity contribution is 5.85. The maximum absolute atomic E-state index is 12.2. The first-order valence-corrected chi connectivity index (χ1v) is 6.99. The number of rotatable bonds is 5. The van der Waals surface area contributed by atoms with Gasteiger partial charge in [-0.2, -0.15) is 0 Å². The molecule has 0 bridgehead atoms. The summed E-state index contributed by atoms with van der Waals surface area (Å²) in [6.07, 6.45) is 4.79. The van der Waals surface area contributed by atoms with E-state index < -0.39 is 0 Å². The Morgan fingerprint density at radius 1 is 1.39 bits per heavy atom. The zero-order valence-electron chi connectivity index (χ0n) is 11.7. The lowest BCUT2D eigenvalue weighted by Gasteiger charge is -2.31. The summed E-state index contributed by atoms with van der Waals surface area (Å²) >= 11 is 0. The zero-order chi connectivity index (χ0) is 12.6. The van der Waals surface area contributed by atoms with Crippen LogP contribution in [0.4, 0.5) is 0 Å². The number of nitrogens with one attached hydrogen (secondary N) is 1. The van der Waals surface area contributed by atoms with Crippen LogP contribution in [-0.2, 0) is 4.79 Å². The Labute approximate surface area is 117 Å². The lowest BCUT2D eigenvalue weighted by Crippen LogP contribution is -2.52. The summed E-state index contributed by atoms with van der Waals surface area (Å²) < 4.78 is 0. The molecule has 2 aliphatic rings. The van der Waals surface area contributed by atoms with Crippen LogP contribution in [0, 0.1) is 23.7 Å². The lowest BCUT2D eigenvalue weighted by atomic mass is 9.90. The maximum Gasteiger partial charge on any atom is 0.224 e. The molecule has 1 amide bonds. The Bertz CT molecular complexity index is 298. The molecule has 18 heavy (non-hydrogen) atoms. The monoisotopic (exact) mass is 274 g/mol. The molecule has 3 unspecified atom stereocenters. The van der Waals surface area contributed by atoms with Crippen molar-refractivity contribution in [2.45, 2.75) is 52.0 Å². The van der Waals surface area contributed by atoms with E-state index in [1.807, 2.05) is 0 Å². The van der Waals surface area contributed by atoms with E-state index in [9.17, 15) is 4.79 Å². The van der Waals surface area contributed by atoms with Gasteiger partial charge in [-0.3, -0.25) is 4.79 Å². The predicted octanol–water partition coefficient (Wildman–Crippen LogP) is 2.33. The van der Waals surface area contributed by atoms with Crippen LogP contribution in [0.2, 0.25) is 0 Å². The molecule has 0 radical (unpaired) electrons. The highest BCUT2D eigenvalue weighted by atomic mass is 35.5. The molecule has 0 aromatic carbocycles. The van der Waals surface area contributed by atoms with E-state index in [0.717, 1.165) is 6.42 Å². The smallest absolute Gasteiger partial charge is 0.224 e. The van der Waals surface area contributed by atoms with Gasteiger partial charge in [-0.25, -0.2) is 0 Å². The molecule has 3 atom stereocenters. The van der Waals surface area contributed by atoms with Gasteiger partial charge in [0, 0.05) is 18.0 Å². The Morgan fingerprint density at radius 2 is 1.94 bits per heavy atom. The van der Waals surface area contributed by atoms with Crippen LogP contribution in [0.1, 0.15) is 46.5 Å². The fourth-order valence-corrected chi connectivity index (χ4v) is 3.68. The van der Waals surface area contributed by atoms with Gasteiger partial charge in [0.2, 0.25) is 5.91 Å². The van der Waals surface area contributed by atoms with Gasteiger partial charge < -0.3 is 11.1 Å². The first-order valence-electron chi connectivity index (χ1n) is 6.99. The third kappa shape index (κ3) is 3.18. The molecule has 0 heterocycles. The number of hydrogen-bond acceptors (Lipinski definition) is 2. The standard InChI is InChI=1S/C14H26N2O.ClH/c1-9(2)7-14(3,8-15)16-13(17)12-10-5-4-6-11(10)12;/h9-12H,4-8,15H2,1-3H3,(H,16,17);1H. The van der Waals surface area contributed by atoms with Crippen LogP contribution < -0.4 is 11.1 Å². The van der Waals surface area contributed by atoms with Gasteiger partial charge in [0.15, 0.2) is 0 Å². The second kappa shape index (κ2) is 5.79. The second-order valence-electron chi connectivity index (χ2n) is 6.64. The van der Waals surface area contributed by atoms with Crippen molar-refractivity contribution < 1.29 is 4.79 Å². The van der Waals surface area contributed by atoms with Crippen molar-refractivity contribution in [2.75, 3.05) is 6.54 Å². The largest absolute Gasteiger partial charge is 0.349 e. The quantitative estimate of drug-likeness (QED) is 0.808. The number of hydrogen-bond donors (Lipinski definition) is 2. The summed E-state index contributed by atoms with van der Waals surface area (Å²) in [6, 6.07) is 0. The van der Waals surface area contributed by atoms with Crippen LogP contribution >= 0.6 is 12.4 Å². The molecule has 2 rings (SSSR count). The molecule has 0 saturated heterocycles. The molecule has 0 aromatic heterocycles. The fourth-order valence-electron chi connectivity index (χ4n) is 3.68. The molecular weight excluding hydrogens is 248 g/mol. The van der Waals surface area contributed by atoms with E-state index in [1.165, 1.54) is 19.3 Å². The van der Waals surface area contributed by atoms with E-state index in [2.05, 4.69) is 26.1 Å². The maximum atomic E-state index is 12.2. The molecule has 0 spiro atoms. The Hall–Kier alpha value is -0.280. The van der Waals surface area contributed by atoms with Crippen LogP contribution in [0.15, 0.2) is 0 Å². The molecule has 106 valence electrons. The Kier molecular flexibility index (Phi) is 5.07. The van der Waals surface area contributed by atoms with Crippen molar-refractivity contribution in [3.63, 3.8) is 0 Å². The van der Waals surface area contributed by atoms with Crippen LogP contribution in [0.25, 0.3) is 0 Å². The van der Waals surface area contributed by atoms with E-state index in [-0.39, 0.29) is 23.9 Å². The summed E-state index contributed by atoms with van der Waals surface area (Å²) in [7, 11) is 0. The molecule has 4 heteroatoms. The van der Waals surface area contributed by atoms with Gasteiger partial charge in [-0.1, -0.05) is 20.3 Å². The lowest BCUT2D eigenvalue weighted by molar-refractivity contribution is -0.125. The predicted molar refractivity (Wildman–Crippen MR) is 76.6 cm³/mol. The van der Waals surface area contributed by atoms with Gasteiger partial charge >= 0.3 is 0 Å². The van der Waals surface area contributed by atoms with Gasteiger partial charge in [0.25, 0.3) is 0 Å². The molecule has 2 aliphatic carbocycles. The summed E-state index contributed by atoms with van der Waals surface area (Å²) in [5.74, 6) is 2.50. The molecular formula is C14H27ClN2O. The first kappa shape index (κ1) is 15.8. The fraction of sp³-hybridized carbons (Fsp3) is 0.929. The van der Waals surface area contributed by atoms with Crippen molar-refractivity contribution in [1.82, 2.24) is 5.32 Å². The minimum absolute atomic E-state index is 0. The molecule has 0 aromatic rings. The van der Waals surface area contributed by atoms with Gasteiger partial charge in [0.1, 0.15) is 0 Å². The van der Waals surface area contributed by atoms with E-state index in [1.54, 1.807) is 0 Å². The van der Waals surface area contributed by atoms with Crippen molar-refractivity contribution in [2.24, 2.45) is 29.4 Å². The van der Waals surface area contributed by atoms with E-state index in [0.29, 0.717) is 30.2 Å². The topological polar surface area (TPSA) is 55.1 Å². The van der Waals surface area contributed by atoms with Gasteiger partial charge in [0.05, 0.1) is 0 Å². The number of halogens is 1. The summed E-state index contributed by atoms with van der Waals surface area (Å²) in [6.45, 7) is 6.94. The number of carbonyl (C=O) groups is 1. The molecule has 3 N–H and O–H groups in total. The number of fused-ring (bicyclic) bond motifs is 1. The molecule has 2 saturated carbocycles. The van der Waals surface area contributed by atoms with Crippen molar-refractivity contribution in [3.05, 3.63) is 0 Å². The summed E-state index contributed by atoms with van der Waals surface area (Å²) in [5.41, 5.74) is 5.61. The minimum Gasteiger partial charge on any atom is -0.349 e. The number of amides is 1. The first-order chi connectivity index (χ1) is 7.97. The second-order valence-corrected chi connectivity index (χ2v) is 6.64. The molecule has 0 aliphatic heterocycles. The summed E-state index contributed by atoms with van der Waals surface area (Å²) in [4.78, 5) is 12.2. The highest BCUT2D eigenvalue weighted by Gasteiger charge is 2.57. The van der Waals surface area contributed by atoms with Crippen LogP contribution in [-0.4, -0.2) is 18.0 Å². The summed E-state index contributed by atoms with van der Waals surface area (Å²) in [5, 5.41) is 3.20. The van der Waals surface area contributed by atoms with Crippen molar-refractivity contribution in [1.29, 1.82) is 0 Å². The highest BCUT2D eigenvalue weighted by Crippen LogP contribution is 2.57. The minimum atomic E-state index is -0.220. The van der Waals surface area contributed by atoms with Crippen molar-refractivity contribution in [3.8, 4) is 0 Å². The Morgan fingerprint density at radius 3 is 2.39 bits per heavy atom. The van der Waals surface area contributed by atoms with E-state index in [4.69, 9.17) is 5.73 Å². The van der Waals surface area contributed by atoms with Crippen molar-refractivity contribution >= 4 is 18.3 Å².